The first-order chi connectivity index (χ1) is 16.5. The van der Waals surface area contributed by atoms with Crippen molar-refractivity contribution in [3.63, 3.8) is 0 Å². The smallest absolute Gasteiger partial charge is 0.250 e. The fraction of sp³-hybridized carbons (Fsp3) is 0.348. The van der Waals surface area contributed by atoms with E-state index in [0.717, 1.165) is 6.07 Å². The molecule has 0 aliphatic carbocycles. The number of methoxy groups -OCH3 is 1. The van der Waals surface area contributed by atoms with Crippen LogP contribution in [0.25, 0.3) is 11.3 Å². The summed E-state index contributed by atoms with van der Waals surface area (Å²) in [4.78, 5) is 5.79. The van der Waals surface area contributed by atoms with Crippen LogP contribution in [0.4, 0.5) is 24.7 Å². The van der Waals surface area contributed by atoms with Gasteiger partial charge >= 0.3 is 0 Å². The number of para-hydroxylation sites is 1. The molecular weight excluding hydrogens is 451 g/mol. The van der Waals surface area contributed by atoms with Crippen LogP contribution >= 0.6 is 0 Å². The van der Waals surface area contributed by atoms with Crippen LogP contribution in [-0.2, 0) is 6.61 Å². The van der Waals surface area contributed by atoms with Crippen LogP contribution in [-0.4, -0.2) is 58.8 Å². The number of nitrogens with zero attached hydrogens (tertiary/aromatic N) is 4. The lowest BCUT2D eigenvalue weighted by molar-refractivity contribution is 0.186. The molecule has 8 nitrogen and oxygen atoms in total. The van der Waals surface area contributed by atoms with Gasteiger partial charge in [0.2, 0.25) is 0 Å². The molecule has 3 aromatic rings. The highest BCUT2D eigenvalue weighted by molar-refractivity contribution is 5.77. The van der Waals surface area contributed by atoms with Crippen molar-refractivity contribution >= 4 is 11.5 Å². The lowest BCUT2D eigenvalue weighted by Gasteiger charge is -2.42. The fourth-order valence-electron chi connectivity index (χ4n) is 4.58. The van der Waals surface area contributed by atoms with Crippen LogP contribution < -0.4 is 19.7 Å². The Kier molecular flexibility index (Phi) is 5.64. The van der Waals surface area contributed by atoms with Crippen LogP contribution in [0.3, 0.4) is 0 Å². The second-order valence-corrected chi connectivity index (χ2v) is 8.34. The number of aromatic nitrogens is 3. The van der Waals surface area contributed by atoms with Gasteiger partial charge in [-0.2, -0.15) is 0 Å². The summed E-state index contributed by atoms with van der Waals surface area (Å²) in [7, 11) is 1.37. The average Bonchev–Trinajstić information content (AvgIpc) is 3.24. The molecule has 2 N–H and O–H groups in total. The number of ether oxygens (including phenoxy) is 2. The second-order valence-electron chi connectivity index (χ2n) is 8.34. The summed E-state index contributed by atoms with van der Waals surface area (Å²) in [5.74, 6) is -0.946. The zero-order chi connectivity index (χ0) is 23.9. The van der Waals surface area contributed by atoms with Crippen LogP contribution in [0, 0.1) is 11.6 Å². The van der Waals surface area contributed by atoms with E-state index in [0.29, 0.717) is 28.3 Å². The molecule has 11 heteroatoms. The highest BCUT2D eigenvalue weighted by Gasteiger charge is 2.50. The summed E-state index contributed by atoms with van der Waals surface area (Å²) in [6, 6.07) is 7.35. The van der Waals surface area contributed by atoms with Gasteiger partial charge in [-0.25, -0.2) is 18.2 Å². The van der Waals surface area contributed by atoms with Crippen LogP contribution in [0.2, 0.25) is 0 Å². The molecule has 1 saturated heterocycles. The quantitative estimate of drug-likeness (QED) is 0.564. The Hall–Kier alpha value is -3.60. The Labute approximate surface area is 193 Å². The summed E-state index contributed by atoms with van der Waals surface area (Å²) >= 11 is 0. The molecule has 178 valence electrons. The minimum absolute atomic E-state index is 0.0350. The standard InChI is InChI=1S/C23H22F3N5O3/c1-33-20-15(3-2-4-16(20)25)18-6-19-21(30-29-18)28-12-23(11-24)7-14(9-31(19)23)34-22-17(26)5-13(10-32)8-27-22/h2-6,8,14,32H,7,9-12H2,1H3,(H,28,30)/t14-,23+/m1/s1. The number of anilines is 2. The highest BCUT2D eigenvalue weighted by Crippen LogP contribution is 2.44. The molecule has 2 aromatic heterocycles. The van der Waals surface area contributed by atoms with Gasteiger partial charge in [0.05, 0.1) is 37.2 Å². The third kappa shape index (κ3) is 3.65. The van der Waals surface area contributed by atoms with E-state index in [2.05, 4.69) is 20.5 Å². The van der Waals surface area contributed by atoms with Gasteiger partial charge < -0.3 is 24.8 Å². The van der Waals surface area contributed by atoms with Crippen LogP contribution in [0.15, 0.2) is 36.5 Å². The summed E-state index contributed by atoms with van der Waals surface area (Å²) in [6.45, 7) is -0.506. The van der Waals surface area contributed by atoms with Gasteiger partial charge in [-0.1, -0.05) is 6.07 Å². The minimum Gasteiger partial charge on any atom is -0.493 e. The number of nitrogens with one attached hydrogen (secondary N) is 1. The molecule has 34 heavy (non-hydrogen) atoms. The topological polar surface area (TPSA) is 92.6 Å². The van der Waals surface area contributed by atoms with E-state index in [4.69, 9.17) is 14.6 Å². The first kappa shape index (κ1) is 22.2. The number of hydrogen-bond acceptors (Lipinski definition) is 8. The molecule has 0 amide bonds. The molecule has 4 heterocycles. The number of alkyl halides is 1. The molecule has 1 aromatic carbocycles. The largest absolute Gasteiger partial charge is 0.493 e. The second kappa shape index (κ2) is 8.64. The van der Waals surface area contributed by atoms with E-state index in [-0.39, 0.29) is 37.7 Å². The highest BCUT2D eigenvalue weighted by atomic mass is 19.1. The fourth-order valence-corrected chi connectivity index (χ4v) is 4.58. The number of aliphatic hydroxyl groups is 1. The van der Waals surface area contributed by atoms with Gasteiger partial charge in [-0.05, 0) is 29.8 Å². The molecule has 0 bridgehead atoms. The molecule has 1 fully saturated rings. The Morgan fingerprint density at radius 1 is 1.24 bits per heavy atom. The number of hydrogen-bond donors (Lipinski definition) is 2. The van der Waals surface area contributed by atoms with E-state index in [9.17, 15) is 13.2 Å². The Morgan fingerprint density at radius 3 is 2.82 bits per heavy atom. The van der Waals surface area contributed by atoms with Crippen molar-refractivity contribution in [3.05, 3.63) is 53.7 Å². The summed E-state index contributed by atoms with van der Waals surface area (Å²) in [5.41, 5.74) is 0.742. The third-order valence-corrected chi connectivity index (χ3v) is 6.24. The lowest BCUT2D eigenvalue weighted by Crippen LogP contribution is -2.54. The molecule has 2 aliphatic rings. The minimum atomic E-state index is -0.939. The normalized spacial score (nSPS) is 21.0. The molecular formula is C23H22F3N5O3. The van der Waals surface area contributed by atoms with E-state index in [1.807, 2.05) is 4.90 Å². The van der Waals surface area contributed by atoms with Gasteiger partial charge in [0.25, 0.3) is 5.88 Å². The predicted octanol–water partition coefficient (Wildman–Crippen LogP) is 3.11. The third-order valence-electron chi connectivity index (χ3n) is 6.24. The number of fused-ring (bicyclic) bond motifs is 3. The van der Waals surface area contributed by atoms with E-state index >= 15 is 0 Å². The summed E-state index contributed by atoms with van der Waals surface area (Å²) < 4.78 is 54.0. The van der Waals surface area contributed by atoms with Crippen molar-refractivity contribution in [1.29, 1.82) is 0 Å². The van der Waals surface area contributed by atoms with Crippen molar-refractivity contribution in [2.45, 2.75) is 24.7 Å². The Bertz CT molecular complexity index is 1230. The average molecular weight is 473 g/mol. The summed E-state index contributed by atoms with van der Waals surface area (Å²) in [5, 5.41) is 20.7. The number of halogens is 3. The monoisotopic (exact) mass is 473 g/mol. The number of aliphatic hydroxyl groups excluding tert-OH is 1. The lowest BCUT2D eigenvalue weighted by atomic mass is 9.94. The van der Waals surface area contributed by atoms with Gasteiger partial charge in [-0.15, -0.1) is 10.2 Å². The first-order valence-electron chi connectivity index (χ1n) is 10.7. The molecule has 2 atom stereocenters. The van der Waals surface area contributed by atoms with E-state index in [1.165, 1.54) is 19.4 Å². The van der Waals surface area contributed by atoms with Crippen molar-refractivity contribution in [1.82, 2.24) is 15.2 Å². The molecule has 2 aliphatic heterocycles. The molecule has 0 spiro atoms. The van der Waals surface area contributed by atoms with Crippen molar-refractivity contribution in [2.75, 3.05) is 37.1 Å². The molecule has 5 rings (SSSR count). The zero-order valence-electron chi connectivity index (χ0n) is 18.3. The maximum atomic E-state index is 14.4. The van der Waals surface area contributed by atoms with Gasteiger partial charge in [0.1, 0.15) is 12.8 Å². The zero-order valence-corrected chi connectivity index (χ0v) is 18.3. The maximum absolute atomic E-state index is 14.4. The van der Waals surface area contributed by atoms with Gasteiger partial charge in [-0.3, -0.25) is 0 Å². The van der Waals surface area contributed by atoms with Crippen molar-refractivity contribution in [3.8, 4) is 22.9 Å². The number of benzene rings is 1. The number of pyridine rings is 1. The predicted molar refractivity (Wildman–Crippen MR) is 118 cm³/mol. The summed E-state index contributed by atoms with van der Waals surface area (Å²) in [6.07, 6.45) is 1.06. The molecule has 0 saturated carbocycles. The van der Waals surface area contributed by atoms with Gasteiger partial charge in [0, 0.05) is 24.7 Å². The van der Waals surface area contributed by atoms with E-state index < -0.39 is 30.0 Å². The van der Waals surface area contributed by atoms with Crippen LogP contribution in [0.1, 0.15) is 12.0 Å². The Morgan fingerprint density at radius 2 is 2.09 bits per heavy atom. The van der Waals surface area contributed by atoms with Crippen molar-refractivity contribution in [2.24, 2.45) is 0 Å². The first-order valence-corrected chi connectivity index (χ1v) is 10.7. The molecule has 0 radical (unpaired) electrons. The van der Waals surface area contributed by atoms with Crippen LogP contribution in [0.5, 0.6) is 11.6 Å². The van der Waals surface area contributed by atoms with Gasteiger partial charge in [0.15, 0.2) is 23.2 Å². The number of rotatable bonds is 6. The SMILES string of the molecule is COc1c(F)cccc1-c1cc2c(nn1)NC[C@@]1(CF)C[C@@H](Oc3ncc(CO)cc3F)CN21. The molecule has 0 unspecified atom stereocenters. The van der Waals surface area contributed by atoms with E-state index in [1.54, 1.807) is 18.2 Å². The maximum Gasteiger partial charge on any atom is 0.250 e. The Balaban J connectivity index is 1.48. The van der Waals surface area contributed by atoms with Crippen molar-refractivity contribution < 1.29 is 27.8 Å².